The van der Waals surface area contributed by atoms with Gasteiger partial charge >= 0.3 is 0 Å². The van der Waals surface area contributed by atoms with Crippen LogP contribution in [0.3, 0.4) is 0 Å². The van der Waals surface area contributed by atoms with Crippen LogP contribution in [0.25, 0.3) is 0 Å². The van der Waals surface area contributed by atoms with Crippen LogP contribution in [0.5, 0.6) is 5.75 Å². The van der Waals surface area contributed by atoms with Gasteiger partial charge in [-0.1, -0.05) is 49.4 Å². The highest BCUT2D eigenvalue weighted by atomic mass is 16.5. The fourth-order valence-electron chi connectivity index (χ4n) is 2.14. The first-order valence-corrected chi connectivity index (χ1v) is 7.29. The lowest BCUT2D eigenvalue weighted by Crippen LogP contribution is -2.21. The van der Waals surface area contributed by atoms with Crippen molar-refractivity contribution in [1.29, 1.82) is 0 Å². The smallest absolute Gasteiger partial charge is 0.119 e. The minimum Gasteiger partial charge on any atom is -0.493 e. The number of ether oxygens (including phenoxy) is 1. The highest BCUT2D eigenvalue weighted by molar-refractivity contribution is 5.29. The normalized spacial score (nSPS) is 12.1. The van der Waals surface area contributed by atoms with E-state index in [1.54, 1.807) is 0 Å². The molecule has 20 heavy (non-hydrogen) atoms. The number of rotatable bonds is 7. The first-order valence-electron chi connectivity index (χ1n) is 7.29. The highest BCUT2D eigenvalue weighted by Crippen LogP contribution is 2.15. The molecule has 0 saturated heterocycles. The van der Waals surface area contributed by atoms with E-state index in [9.17, 15) is 0 Å². The number of nitrogens with two attached hydrogens (primary N) is 1. The molecule has 0 spiro atoms. The van der Waals surface area contributed by atoms with Crippen LogP contribution < -0.4 is 10.5 Å². The summed E-state index contributed by atoms with van der Waals surface area (Å²) in [6.07, 6.45) is 2.84. The summed E-state index contributed by atoms with van der Waals surface area (Å²) >= 11 is 0. The van der Waals surface area contributed by atoms with Gasteiger partial charge in [0, 0.05) is 12.5 Å². The first kappa shape index (κ1) is 14.6. The third kappa shape index (κ3) is 4.71. The summed E-state index contributed by atoms with van der Waals surface area (Å²) in [6.45, 7) is 2.82. The van der Waals surface area contributed by atoms with Crippen LogP contribution in [-0.4, -0.2) is 12.6 Å². The molecule has 0 radical (unpaired) electrons. The van der Waals surface area contributed by atoms with Gasteiger partial charge in [-0.3, -0.25) is 0 Å². The van der Waals surface area contributed by atoms with Crippen molar-refractivity contribution in [2.45, 2.75) is 32.2 Å². The van der Waals surface area contributed by atoms with Gasteiger partial charge in [-0.2, -0.15) is 0 Å². The van der Waals surface area contributed by atoms with Gasteiger partial charge in [-0.25, -0.2) is 0 Å². The number of hydrogen-bond acceptors (Lipinski definition) is 2. The molecule has 0 bridgehead atoms. The average Bonchev–Trinajstić information content (AvgIpc) is 2.48. The Morgan fingerprint density at radius 1 is 1.00 bits per heavy atom. The Hall–Kier alpha value is -1.80. The molecule has 0 aliphatic heterocycles. The first-order chi connectivity index (χ1) is 9.78. The van der Waals surface area contributed by atoms with Crippen LogP contribution in [-0.2, 0) is 12.8 Å². The monoisotopic (exact) mass is 269 g/mol. The van der Waals surface area contributed by atoms with Crippen LogP contribution >= 0.6 is 0 Å². The Labute approximate surface area is 121 Å². The minimum atomic E-state index is 0.231. The van der Waals surface area contributed by atoms with E-state index >= 15 is 0 Å². The van der Waals surface area contributed by atoms with E-state index in [1.807, 2.05) is 18.2 Å². The second kappa shape index (κ2) is 7.71. The molecule has 106 valence electrons. The zero-order chi connectivity index (χ0) is 14.2. The topological polar surface area (TPSA) is 35.2 Å². The molecule has 0 amide bonds. The van der Waals surface area contributed by atoms with Crippen molar-refractivity contribution in [2.24, 2.45) is 5.73 Å². The molecule has 2 heteroatoms. The Morgan fingerprint density at radius 3 is 2.50 bits per heavy atom. The van der Waals surface area contributed by atoms with E-state index in [0.29, 0.717) is 6.61 Å². The third-order valence-corrected chi connectivity index (χ3v) is 3.42. The lowest BCUT2D eigenvalue weighted by Gasteiger charge is -2.11. The summed E-state index contributed by atoms with van der Waals surface area (Å²) in [5.74, 6) is 0.932. The molecule has 0 fully saturated rings. The zero-order valence-electron chi connectivity index (χ0n) is 12.1. The Bertz CT molecular complexity index is 510. The van der Waals surface area contributed by atoms with E-state index in [-0.39, 0.29) is 6.04 Å². The Balaban J connectivity index is 1.85. The molecule has 1 atom stereocenters. The molecular formula is C18H23NO. The molecule has 0 heterocycles. The largest absolute Gasteiger partial charge is 0.493 e. The van der Waals surface area contributed by atoms with Gasteiger partial charge in [0.15, 0.2) is 0 Å². The Morgan fingerprint density at radius 2 is 1.75 bits per heavy atom. The number of benzene rings is 2. The fraction of sp³-hybridized carbons (Fsp3) is 0.333. The van der Waals surface area contributed by atoms with Crippen molar-refractivity contribution in [3.8, 4) is 5.75 Å². The standard InChI is InChI=1S/C18H23NO/c1-2-17(19)13-16-9-6-10-18(14-16)20-12-11-15-7-4-3-5-8-15/h3-10,14,17H,2,11-13,19H2,1H3. The van der Waals surface area contributed by atoms with Gasteiger partial charge in [-0.15, -0.1) is 0 Å². The molecule has 0 aliphatic rings. The van der Waals surface area contributed by atoms with E-state index in [4.69, 9.17) is 10.5 Å². The molecule has 2 aromatic rings. The lowest BCUT2D eigenvalue weighted by atomic mass is 10.0. The van der Waals surface area contributed by atoms with Gasteiger partial charge in [0.2, 0.25) is 0 Å². The van der Waals surface area contributed by atoms with Crippen LogP contribution in [0.2, 0.25) is 0 Å². The fourth-order valence-corrected chi connectivity index (χ4v) is 2.14. The van der Waals surface area contributed by atoms with Gasteiger partial charge in [0.25, 0.3) is 0 Å². The van der Waals surface area contributed by atoms with Crippen LogP contribution in [0.15, 0.2) is 54.6 Å². The van der Waals surface area contributed by atoms with Crippen molar-refractivity contribution >= 4 is 0 Å². The third-order valence-electron chi connectivity index (χ3n) is 3.42. The lowest BCUT2D eigenvalue weighted by molar-refractivity contribution is 0.321. The predicted octanol–water partition coefficient (Wildman–Crippen LogP) is 3.59. The van der Waals surface area contributed by atoms with Crippen molar-refractivity contribution in [3.05, 3.63) is 65.7 Å². The van der Waals surface area contributed by atoms with Crippen molar-refractivity contribution in [2.75, 3.05) is 6.61 Å². The van der Waals surface area contributed by atoms with Gasteiger partial charge < -0.3 is 10.5 Å². The van der Waals surface area contributed by atoms with E-state index in [0.717, 1.165) is 25.0 Å². The maximum absolute atomic E-state index is 5.99. The molecule has 0 saturated carbocycles. The molecule has 2 N–H and O–H groups in total. The van der Waals surface area contributed by atoms with Gasteiger partial charge in [0.05, 0.1) is 6.61 Å². The summed E-state index contributed by atoms with van der Waals surface area (Å²) in [5, 5.41) is 0. The molecule has 1 unspecified atom stereocenters. The molecule has 0 aromatic heterocycles. The predicted molar refractivity (Wildman–Crippen MR) is 84.1 cm³/mol. The maximum Gasteiger partial charge on any atom is 0.119 e. The molecule has 0 aliphatic carbocycles. The summed E-state index contributed by atoms with van der Waals surface area (Å²) in [6, 6.07) is 18.9. The average molecular weight is 269 g/mol. The quantitative estimate of drug-likeness (QED) is 0.833. The highest BCUT2D eigenvalue weighted by Gasteiger charge is 2.03. The van der Waals surface area contributed by atoms with E-state index in [1.165, 1.54) is 11.1 Å². The summed E-state index contributed by atoms with van der Waals surface area (Å²) in [7, 11) is 0. The Kier molecular flexibility index (Phi) is 5.63. The molecule has 2 aromatic carbocycles. The second-order valence-corrected chi connectivity index (χ2v) is 5.10. The second-order valence-electron chi connectivity index (χ2n) is 5.10. The van der Waals surface area contributed by atoms with Crippen molar-refractivity contribution < 1.29 is 4.74 Å². The van der Waals surface area contributed by atoms with Crippen LogP contribution in [0, 0.1) is 0 Å². The van der Waals surface area contributed by atoms with Gasteiger partial charge in [-0.05, 0) is 36.1 Å². The zero-order valence-corrected chi connectivity index (χ0v) is 12.1. The van der Waals surface area contributed by atoms with E-state index in [2.05, 4.69) is 43.3 Å². The number of hydrogen-bond donors (Lipinski definition) is 1. The van der Waals surface area contributed by atoms with Crippen molar-refractivity contribution in [3.63, 3.8) is 0 Å². The van der Waals surface area contributed by atoms with E-state index < -0.39 is 0 Å². The summed E-state index contributed by atoms with van der Waals surface area (Å²) in [4.78, 5) is 0. The van der Waals surface area contributed by atoms with Gasteiger partial charge in [0.1, 0.15) is 5.75 Å². The van der Waals surface area contributed by atoms with Crippen LogP contribution in [0.4, 0.5) is 0 Å². The van der Waals surface area contributed by atoms with Crippen molar-refractivity contribution in [1.82, 2.24) is 0 Å². The molecule has 2 nitrogen and oxygen atoms in total. The molecular weight excluding hydrogens is 246 g/mol. The summed E-state index contributed by atoms with van der Waals surface area (Å²) in [5.41, 5.74) is 8.54. The SMILES string of the molecule is CCC(N)Cc1cccc(OCCc2ccccc2)c1. The maximum atomic E-state index is 5.99. The summed E-state index contributed by atoms with van der Waals surface area (Å²) < 4.78 is 5.82. The van der Waals surface area contributed by atoms with Crippen LogP contribution in [0.1, 0.15) is 24.5 Å². The minimum absolute atomic E-state index is 0.231. The molecule has 2 rings (SSSR count).